The van der Waals surface area contributed by atoms with E-state index in [4.69, 9.17) is 28.3 Å². The zero-order valence-electron chi connectivity index (χ0n) is 16.9. The largest absolute Gasteiger partial charge is 0.481 e. The zero-order chi connectivity index (χ0) is 22.6. The number of carboxylic acid groups (broad SMARTS) is 1. The molecule has 0 fully saturated rings. The number of carbonyl (C=O) groups excluding carboxylic acids is 2. The predicted octanol–water partition coefficient (Wildman–Crippen LogP) is 4.59. The number of aromatic nitrogens is 2. The normalized spacial score (nSPS) is 22.7. The summed E-state index contributed by atoms with van der Waals surface area (Å²) in [5.41, 5.74) is -1.14. The molecule has 2 N–H and O–H groups in total. The van der Waals surface area contributed by atoms with Crippen molar-refractivity contribution < 1.29 is 19.5 Å². The number of ketones is 2. The van der Waals surface area contributed by atoms with Crippen LogP contribution in [0.25, 0.3) is 0 Å². The van der Waals surface area contributed by atoms with E-state index in [0.717, 1.165) is 6.42 Å². The minimum atomic E-state index is -1.63. The van der Waals surface area contributed by atoms with E-state index in [2.05, 4.69) is 9.97 Å². The first kappa shape index (κ1) is 23.0. The summed E-state index contributed by atoms with van der Waals surface area (Å²) in [6, 6.07) is 8.22. The first-order chi connectivity index (χ1) is 14.7. The Kier molecular flexibility index (Phi) is 6.82. The lowest BCUT2D eigenvalue weighted by Gasteiger charge is -2.43. The van der Waals surface area contributed by atoms with Gasteiger partial charge in [0.25, 0.3) is 0 Å². The summed E-state index contributed by atoms with van der Waals surface area (Å²) in [7, 11) is 0. The van der Waals surface area contributed by atoms with Crippen LogP contribution < -0.4 is 0 Å². The van der Waals surface area contributed by atoms with Gasteiger partial charge in [-0.25, -0.2) is 4.98 Å². The van der Waals surface area contributed by atoms with Crippen LogP contribution >= 0.6 is 23.2 Å². The molecule has 1 aliphatic rings. The first-order valence-electron chi connectivity index (χ1n) is 9.90. The Bertz CT molecular complexity index is 1060. The van der Waals surface area contributed by atoms with Crippen molar-refractivity contribution in [3.8, 4) is 0 Å². The van der Waals surface area contributed by atoms with E-state index in [-0.39, 0.29) is 23.5 Å². The highest BCUT2D eigenvalue weighted by Gasteiger charge is 2.58. The third-order valence-corrected chi connectivity index (χ3v) is 6.21. The summed E-state index contributed by atoms with van der Waals surface area (Å²) in [5, 5.41) is 9.46. The van der Waals surface area contributed by atoms with Gasteiger partial charge in [0.05, 0.1) is 10.6 Å². The average molecular weight is 461 g/mol. The van der Waals surface area contributed by atoms with Crippen LogP contribution in [0.1, 0.15) is 48.1 Å². The minimum Gasteiger partial charge on any atom is -0.481 e. The molecule has 0 spiro atoms. The number of benzene rings is 1. The summed E-state index contributed by atoms with van der Waals surface area (Å²) in [6.07, 6.45) is 7.51. The number of unbranched alkanes of at least 4 members (excludes halogenated alkanes) is 1. The number of H-pyrrole nitrogens is 1. The summed E-state index contributed by atoms with van der Waals surface area (Å²) < 4.78 is 0. The molecule has 6 nitrogen and oxygen atoms in total. The molecular formula is C23H22Cl2N2O4. The molecule has 1 heterocycles. The first-order valence-corrected chi connectivity index (χ1v) is 10.7. The number of allylic oxidation sites excluding steroid dienone is 4. The van der Waals surface area contributed by atoms with E-state index >= 15 is 0 Å². The van der Waals surface area contributed by atoms with Crippen molar-refractivity contribution in [1.82, 2.24) is 9.97 Å². The van der Waals surface area contributed by atoms with Gasteiger partial charge in [0, 0.05) is 16.8 Å². The highest BCUT2D eigenvalue weighted by Crippen LogP contribution is 2.50. The molecule has 31 heavy (non-hydrogen) atoms. The smallest absolute Gasteiger partial charge is 0.311 e. The van der Waals surface area contributed by atoms with Gasteiger partial charge < -0.3 is 10.1 Å². The Morgan fingerprint density at radius 3 is 2.55 bits per heavy atom. The zero-order valence-corrected chi connectivity index (χ0v) is 18.4. The maximum atomic E-state index is 13.8. The van der Waals surface area contributed by atoms with Gasteiger partial charge in [-0.15, -0.1) is 11.6 Å². The molecule has 0 amide bonds. The van der Waals surface area contributed by atoms with Gasteiger partial charge in [-0.05, 0) is 18.6 Å². The molecule has 2 unspecified atom stereocenters. The molecule has 2 atom stereocenters. The van der Waals surface area contributed by atoms with Crippen LogP contribution in [0.3, 0.4) is 0 Å². The molecule has 0 bridgehead atoms. The fourth-order valence-electron chi connectivity index (χ4n) is 3.82. The summed E-state index contributed by atoms with van der Waals surface area (Å²) in [4.78, 5) is 43.8. The van der Waals surface area contributed by atoms with Crippen molar-refractivity contribution in [2.75, 3.05) is 0 Å². The van der Waals surface area contributed by atoms with Gasteiger partial charge in [0.2, 0.25) is 11.6 Å². The lowest BCUT2D eigenvalue weighted by molar-refractivity contribution is -0.136. The summed E-state index contributed by atoms with van der Waals surface area (Å²) >= 11 is 13.4. The fraction of sp³-hybridized carbons (Fsp3) is 0.304. The maximum Gasteiger partial charge on any atom is 0.311 e. The molecule has 0 saturated heterocycles. The molecule has 162 valence electrons. The topological polar surface area (TPSA) is 100 Å². The SMILES string of the molecule is CCCCC1(Cl)C=C(Cl)C=CC1(C(=O)C(=O)c1ccccc1)c1cnc(CC(=O)O)[nH]1. The predicted molar refractivity (Wildman–Crippen MR) is 119 cm³/mol. The summed E-state index contributed by atoms with van der Waals surface area (Å²) in [5.74, 6) is -2.36. The van der Waals surface area contributed by atoms with Gasteiger partial charge in [-0.1, -0.05) is 67.8 Å². The number of nitrogens with one attached hydrogen (secondary N) is 1. The molecule has 8 heteroatoms. The molecule has 1 aromatic heterocycles. The molecule has 0 aliphatic heterocycles. The van der Waals surface area contributed by atoms with Crippen molar-refractivity contribution in [2.24, 2.45) is 0 Å². The highest BCUT2D eigenvalue weighted by atomic mass is 35.5. The van der Waals surface area contributed by atoms with Crippen LogP contribution in [0.15, 0.2) is 59.8 Å². The van der Waals surface area contributed by atoms with E-state index < -0.39 is 27.8 Å². The number of Topliss-reactive ketones (excluding diaryl/α,β-unsaturated/α-hetero) is 2. The fourth-order valence-corrected chi connectivity index (χ4v) is 4.63. The van der Waals surface area contributed by atoms with Crippen molar-refractivity contribution in [3.63, 3.8) is 0 Å². The second-order valence-electron chi connectivity index (χ2n) is 7.47. The van der Waals surface area contributed by atoms with E-state index in [1.807, 2.05) is 6.92 Å². The Morgan fingerprint density at radius 2 is 1.90 bits per heavy atom. The second kappa shape index (κ2) is 9.20. The third kappa shape index (κ3) is 4.36. The number of nitrogens with zero attached hydrogens (tertiary/aromatic N) is 1. The Morgan fingerprint density at radius 1 is 1.19 bits per heavy atom. The van der Waals surface area contributed by atoms with Gasteiger partial charge >= 0.3 is 5.97 Å². The third-order valence-electron chi connectivity index (χ3n) is 5.38. The summed E-state index contributed by atoms with van der Waals surface area (Å²) in [6.45, 7) is 1.99. The standard InChI is InChI=1S/C23H22Cl2N2O4/c1-2-3-10-22(25)13-16(24)9-11-23(22,17-14-26-18(27-17)12-19(28)29)21(31)20(30)15-7-5-4-6-8-15/h4-9,11,13-14H,2-3,10,12H2,1H3,(H,26,27)(H,28,29). The van der Waals surface area contributed by atoms with Gasteiger partial charge in [-0.2, -0.15) is 0 Å². The monoisotopic (exact) mass is 460 g/mol. The Labute approximate surface area is 190 Å². The number of alkyl halides is 1. The van der Waals surface area contributed by atoms with Crippen molar-refractivity contribution in [1.29, 1.82) is 0 Å². The number of halogens is 2. The number of aliphatic carboxylic acids is 1. The molecule has 1 aromatic carbocycles. The van der Waals surface area contributed by atoms with E-state index in [1.54, 1.807) is 36.4 Å². The molecule has 0 radical (unpaired) electrons. The average Bonchev–Trinajstić information content (AvgIpc) is 3.20. The van der Waals surface area contributed by atoms with Crippen molar-refractivity contribution in [2.45, 2.75) is 42.9 Å². The lowest BCUT2D eigenvalue weighted by atomic mass is 9.64. The molecular weight excluding hydrogens is 439 g/mol. The number of carboxylic acids is 1. The number of carbonyl (C=O) groups is 3. The molecule has 3 rings (SSSR count). The minimum absolute atomic E-state index is 0.158. The van der Waals surface area contributed by atoms with E-state index in [1.165, 1.54) is 18.3 Å². The number of imidazole rings is 1. The number of hydrogen-bond donors (Lipinski definition) is 2. The van der Waals surface area contributed by atoms with Gasteiger partial charge in [-0.3, -0.25) is 14.4 Å². The molecule has 1 aliphatic carbocycles. The van der Waals surface area contributed by atoms with Gasteiger partial charge in [0.15, 0.2) is 0 Å². The van der Waals surface area contributed by atoms with E-state index in [9.17, 15) is 14.4 Å². The number of rotatable bonds is 9. The maximum absolute atomic E-state index is 13.8. The second-order valence-corrected chi connectivity index (χ2v) is 8.59. The van der Waals surface area contributed by atoms with Crippen LogP contribution in [0, 0.1) is 0 Å². The molecule has 0 saturated carbocycles. The van der Waals surface area contributed by atoms with Gasteiger partial charge in [0.1, 0.15) is 17.7 Å². The lowest BCUT2D eigenvalue weighted by Crippen LogP contribution is -2.55. The van der Waals surface area contributed by atoms with Crippen LogP contribution in [0.2, 0.25) is 0 Å². The quantitative estimate of drug-likeness (QED) is 0.323. The van der Waals surface area contributed by atoms with Crippen LogP contribution in [-0.4, -0.2) is 37.5 Å². The van der Waals surface area contributed by atoms with Crippen LogP contribution in [0.5, 0.6) is 0 Å². The Hall–Kier alpha value is -2.70. The van der Waals surface area contributed by atoms with Crippen molar-refractivity contribution in [3.05, 3.63) is 76.9 Å². The Balaban J connectivity index is 2.19. The van der Waals surface area contributed by atoms with Crippen LogP contribution in [0.4, 0.5) is 0 Å². The van der Waals surface area contributed by atoms with Crippen LogP contribution in [-0.2, 0) is 21.4 Å². The molecule has 2 aromatic rings. The number of hydrogen-bond acceptors (Lipinski definition) is 4. The number of aromatic amines is 1. The van der Waals surface area contributed by atoms with Crippen molar-refractivity contribution >= 4 is 40.7 Å². The van der Waals surface area contributed by atoms with E-state index in [0.29, 0.717) is 17.9 Å². The highest BCUT2D eigenvalue weighted by molar-refractivity contribution is 6.49.